The van der Waals surface area contributed by atoms with Crippen LogP contribution < -0.4 is 10.1 Å². The average Bonchev–Trinajstić information content (AvgIpc) is 2.56. The van der Waals surface area contributed by atoms with Crippen LogP contribution in [0.2, 0.25) is 0 Å². The SMILES string of the molecule is CC(CNC(=O)CCCOc1cccc2ccccc12)CC(=O)O. The Morgan fingerprint density at radius 2 is 1.92 bits per heavy atom. The number of carbonyl (C=O) groups is 2. The average molecular weight is 329 g/mol. The highest BCUT2D eigenvalue weighted by Gasteiger charge is 2.09. The minimum atomic E-state index is -0.847. The maximum atomic E-state index is 11.7. The quantitative estimate of drug-likeness (QED) is 0.693. The van der Waals surface area contributed by atoms with E-state index in [2.05, 4.69) is 5.32 Å². The van der Waals surface area contributed by atoms with Crippen LogP contribution in [0, 0.1) is 5.92 Å². The number of carboxylic acid groups (broad SMARTS) is 1. The van der Waals surface area contributed by atoms with Crippen molar-refractivity contribution >= 4 is 22.6 Å². The fraction of sp³-hybridized carbons (Fsp3) is 0.368. The molecule has 1 atom stereocenters. The second kappa shape index (κ2) is 8.91. The molecule has 1 unspecified atom stereocenters. The van der Waals surface area contributed by atoms with Gasteiger partial charge in [0.15, 0.2) is 0 Å². The molecule has 0 heterocycles. The largest absolute Gasteiger partial charge is 0.493 e. The van der Waals surface area contributed by atoms with E-state index in [1.807, 2.05) is 42.5 Å². The fourth-order valence-corrected chi connectivity index (χ4v) is 2.48. The van der Waals surface area contributed by atoms with Crippen molar-refractivity contribution in [1.29, 1.82) is 0 Å². The monoisotopic (exact) mass is 329 g/mol. The van der Waals surface area contributed by atoms with Gasteiger partial charge in [0.2, 0.25) is 5.91 Å². The second-order valence-corrected chi connectivity index (χ2v) is 5.94. The number of carbonyl (C=O) groups excluding carboxylic acids is 1. The number of nitrogens with one attached hydrogen (secondary N) is 1. The van der Waals surface area contributed by atoms with Crippen LogP contribution in [0.3, 0.4) is 0 Å². The van der Waals surface area contributed by atoms with Gasteiger partial charge in [-0.3, -0.25) is 9.59 Å². The van der Waals surface area contributed by atoms with Gasteiger partial charge in [0, 0.05) is 24.8 Å². The van der Waals surface area contributed by atoms with Crippen molar-refractivity contribution in [1.82, 2.24) is 5.32 Å². The Bertz CT molecular complexity index is 693. The van der Waals surface area contributed by atoms with Crippen molar-refractivity contribution in [2.24, 2.45) is 5.92 Å². The van der Waals surface area contributed by atoms with E-state index in [1.54, 1.807) is 6.92 Å². The molecule has 0 bridgehead atoms. The first-order valence-electron chi connectivity index (χ1n) is 8.15. The topological polar surface area (TPSA) is 75.6 Å². The minimum absolute atomic E-state index is 0.0600. The number of hydrogen-bond acceptors (Lipinski definition) is 3. The predicted molar refractivity (Wildman–Crippen MR) is 93.1 cm³/mol. The van der Waals surface area contributed by atoms with Gasteiger partial charge in [-0.05, 0) is 23.8 Å². The number of benzene rings is 2. The molecule has 5 nitrogen and oxygen atoms in total. The highest BCUT2D eigenvalue weighted by molar-refractivity contribution is 5.88. The van der Waals surface area contributed by atoms with E-state index >= 15 is 0 Å². The zero-order chi connectivity index (χ0) is 17.4. The molecule has 2 rings (SSSR count). The summed E-state index contributed by atoms with van der Waals surface area (Å²) >= 11 is 0. The van der Waals surface area contributed by atoms with Crippen LogP contribution in [0.1, 0.15) is 26.2 Å². The summed E-state index contributed by atoms with van der Waals surface area (Å²) in [4.78, 5) is 22.3. The molecule has 0 aliphatic rings. The maximum Gasteiger partial charge on any atom is 0.303 e. The first-order chi connectivity index (χ1) is 11.6. The van der Waals surface area contributed by atoms with Crippen LogP contribution >= 0.6 is 0 Å². The molecular weight excluding hydrogens is 306 g/mol. The molecule has 0 saturated heterocycles. The summed E-state index contributed by atoms with van der Waals surface area (Å²) in [5.41, 5.74) is 0. The lowest BCUT2D eigenvalue weighted by Crippen LogP contribution is -2.29. The number of amides is 1. The predicted octanol–water partition coefficient (Wildman–Crippen LogP) is 3.23. The number of aliphatic carboxylic acids is 1. The van der Waals surface area contributed by atoms with Crippen molar-refractivity contribution in [3.63, 3.8) is 0 Å². The maximum absolute atomic E-state index is 11.7. The third kappa shape index (κ3) is 5.57. The van der Waals surface area contributed by atoms with Crippen LogP contribution in [0.4, 0.5) is 0 Å². The molecule has 2 aromatic carbocycles. The lowest BCUT2D eigenvalue weighted by molar-refractivity contribution is -0.138. The Balaban J connectivity index is 1.70. The molecule has 2 N–H and O–H groups in total. The number of fused-ring (bicyclic) bond motifs is 1. The Morgan fingerprint density at radius 3 is 2.71 bits per heavy atom. The normalized spacial score (nSPS) is 11.9. The smallest absolute Gasteiger partial charge is 0.303 e. The Labute approximate surface area is 141 Å². The summed E-state index contributed by atoms with van der Waals surface area (Å²) in [6, 6.07) is 13.9. The van der Waals surface area contributed by atoms with Crippen molar-refractivity contribution in [3.8, 4) is 5.75 Å². The standard InChI is InChI=1S/C19H23NO4/c1-14(12-19(22)23)13-20-18(21)10-5-11-24-17-9-4-7-15-6-2-3-8-16(15)17/h2-4,6-9,14H,5,10-13H2,1H3,(H,20,21)(H,22,23). The molecule has 2 aromatic rings. The van der Waals surface area contributed by atoms with Crippen molar-refractivity contribution in [2.45, 2.75) is 26.2 Å². The fourth-order valence-electron chi connectivity index (χ4n) is 2.48. The van der Waals surface area contributed by atoms with Crippen LogP contribution in [0.5, 0.6) is 5.75 Å². The molecule has 24 heavy (non-hydrogen) atoms. The van der Waals surface area contributed by atoms with Crippen molar-refractivity contribution in [3.05, 3.63) is 42.5 Å². The summed E-state index contributed by atoms with van der Waals surface area (Å²) in [5, 5.41) is 13.6. The van der Waals surface area contributed by atoms with E-state index in [4.69, 9.17) is 9.84 Å². The highest BCUT2D eigenvalue weighted by atomic mass is 16.5. The Hall–Kier alpha value is -2.56. The van der Waals surface area contributed by atoms with Gasteiger partial charge in [-0.2, -0.15) is 0 Å². The molecule has 0 aliphatic carbocycles. The molecule has 0 spiro atoms. The number of ether oxygens (including phenoxy) is 1. The van der Waals surface area contributed by atoms with Crippen LogP contribution in [0.15, 0.2) is 42.5 Å². The summed E-state index contributed by atoms with van der Waals surface area (Å²) in [7, 11) is 0. The zero-order valence-electron chi connectivity index (χ0n) is 13.8. The molecule has 0 aliphatic heterocycles. The molecular formula is C19H23NO4. The summed E-state index contributed by atoms with van der Waals surface area (Å²) in [5.74, 6) is -0.170. The van der Waals surface area contributed by atoms with Crippen molar-refractivity contribution in [2.75, 3.05) is 13.2 Å². The third-order valence-electron chi connectivity index (χ3n) is 3.73. The van der Waals surface area contributed by atoms with Crippen molar-refractivity contribution < 1.29 is 19.4 Å². The number of hydrogen-bond donors (Lipinski definition) is 2. The van der Waals surface area contributed by atoms with E-state index in [1.165, 1.54) is 0 Å². The van der Waals surface area contributed by atoms with Gasteiger partial charge in [0.1, 0.15) is 5.75 Å². The number of rotatable bonds is 9. The lowest BCUT2D eigenvalue weighted by Gasteiger charge is -2.11. The zero-order valence-corrected chi connectivity index (χ0v) is 13.8. The molecule has 128 valence electrons. The van der Waals surface area contributed by atoms with E-state index < -0.39 is 5.97 Å². The first-order valence-corrected chi connectivity index (χ1v) is 8.15. The Kier molecular flexibility index (Phi) is 6.61. The van der Waals surface area contributed by atoms with Gasteiger partial charge in [-0.15, -0.1) is 0 Å². The lowest BCUT2D eigenvalue weighted by atomic mass is 10.1. The second-order valence-electron chi connectivity index (χ2n) is 5.94. The highest BCUT2D eigenvalue weighted by Crippen LogP contribution is 2.25. The summed E-state index contributed by atoms with van der Waals surface area (Å²) in [6.07, 6.45) is 1.04. The van der Waals surface area contributed by atoms with Crippen LogP contribution in [0.25, 0.3) is 10.8 Å². The minimum Gasteiger partial charge on any atom is -0.493 e. The van der Waals surface area contributed by atoms with E-state index in [0.29, 0.717) is 26.0 Å². The van der Waals surface area contributed by atoms with E-state index in [9.17, 15) is 9.59 Å². The molecule has 0 saturated carbocycles. The van der Waals surface area contributed by atoms with Gasteiger partial charge in [-0.1, -0.05) is 43.3 Å². The molecule has 1 amide bonds. The van der Waals surface area contributed by atoms with Crippen LogP contribution in [-0.4, -0.2) is 30.1 Å². The van der Waals surface area contributed by atoms with Gasteiger partial charge in [0.25, 0.3) is 0 Å². The first kappa shape index (κ1) is 17.8. The summed E-state index contributed by atoms with van der Waals surface area (Å²) < 4.78 is 5.79. The molecule has 0 fully saturated rings. The van der Waals surface area contributed by atoms with Gasteiger partial charge < -0.3 is 15.2 Å². The van der Waals surface area contributed by atoms with Gasteiger partial charge >= 0.3 is 5.97 Å². The molecule has 5 heteroatoms. The van der Waals surface area contributed by atoms with Gasteiger partial charge in [0.05, 0.1) is 6.61 Å². The Morgan fingerprint density at radius 1 is 1.17 bits per heavy atom. The van der Waals surface area contributed by atoms with Gasteiger partial charge in [-0.25, -0.2) is 0 Å². The number of carboxylic acids is 1. The van der Waals surface area contributed by atoms with Crippen LogP contribution in [-0.2, 0) is 9.59 Å². The van der Waals surface area contributed by atoms with E-state index in [-0.39, 0.29) is 18.2 Å². The molecule has 0 radical (unpaired) electrons. The third-order valence-corrected chi connectivity index (χ3v) is 3.73. The molecule has 0 aromatic heterocycles. The summed E-state index contributed by atoms with van der Waals surface area (Å²) in [6.45, 7) is 2.65. The van der Waals surface area contributed by atoms with E-state index in [0.717, 1.165) is 16.5 Å².